The van der Waals surface area contributed by atoms with Gasteiger partial charge in [-0.3, -0.25) is 10.2 Å². The first-order valence-corrected chi connectivity index (χ1v) is 10.7. The van der Waals surface area contributed by atoms with E-state index in [-0.39, 0.29) is 5.60 Å². The molecule has 0 bridgehead atoms. The highest BCUT2D eigenvalue weighted by Gasteiger charge is 2.19. The molecule has 1 N–H and O–H groups in total. The topological polar surface area (TPSA) is 24.5 Å². The number of likely N-dealkylation sites (tertiary alicyclic amines) is 1. The van der Waals surface area contributed by atoms with E-state index in [0.717, 1.165) is 19.0 Å². The van der Waals surface area contributed by atoms with Crippen LogP contribution in [0.4, 0.5) is 0 Å². The van der Waals surface area contributed by atoms with Crippen molar-refractivity contribution in [2.24, 2.45) is 5.92 Å². The van der Waals surface area contributed by atoms with Gasteiger partial charge in [0.05, 0.1) is 12.3 Å². The van der Waals surface area contributed by atoms with E-state index >= 15 is 0 Å². The molecule has 2 aromatic carbocycles. The quantitative estimate of drug-likeness (QED) is 0.515. The summed E-state index contributed by atoms with van der Waals surface area (Å²) < 4.78 is 5.70. The maximum Gasteiger partial charge on any atom is 0.0975 e. The predicted molar refractivity (Wildman–Crippen MR) is 117 cm³/mol. The van der Waals surface area contributed by atoms with E-state index in [9.17, 15) is 0 Å². The van der Waals surface area contributed by atoms with Gasteiger partial charge in [-0.05, 0) is 75.7 Å². The van der Waals surface area contributed by atoms with Gasteiger partial charge in [-0.25, -0.2) is 0 Å². The van der Waals surface area contributed by atoms with Crippen molar-refractivity contribution in [2.75, 3.05) is 19.8 Å². The largest absolute Gasteiger partial charge is 0.361 e. The first-order chi connectivity index (χ1) is 13.5. The van der Waals surface area contributed by atoms with Crippen LogP contribution in [0.1, 0.15) is 50.3 Å². The summed E-state index contributed by atoms with van der Waals surface area (Å²) in [5.41, 5.74) is 4.11. The summed E-state index contributed by atoms with van der Waals surface area (Å²) in [5, 5.41) is 3.35. The molecule has 0 spiro atoms. The van der Waals surface area contributed by atoms with Gasteiger partial charge in [0, 0.05) is 13.1 Å². The van der Waals surface area contributed by atoms with E-state index in [2.05, 4.69) is 85.6 Å². The minimum absolute atomic E-state index is 0.0919. The molecule has 0 aromatic heterocycles. The lowest BCUT2D eigenvalue weighted by molar-refractivity contribution is -0.0138. The number of hydrogen-bond acceptors (Lipinski definition) is 3. The molecule has 1 saturated heterocycles. The van der Waals surface area contributed by atoms with Gasteiger partial charge in [0.1, 0.15) is 0 Å². The van der Waals surface area contributed by atoms with Gasteiger partial charge in [-0.1, -0.05) is 54.6 Å². The van der Waals surface area contributed by atoms with Gasteiger partial charge in [0.15, 0.2) is 0 Å². The van der Waals surface area contributed by atoms with E-state index < -0.39 is 0 Å². The second-order valence-electron chi connectivity index (χ2n) is 9.05. The van der Waals surface area contributed by atoms with Crippen LogP contribution in [0.5, 0.6) is 0 Å². The molecule has 0 radical (unpaired) electrons. The Morgan fingerprint density at radius 1 is 0.893 bits per heavy atom. The second-order valence-corrected chi connectivity index (χ2v) is 9.05. The van der Waals surface area contributed by atoms with Crippen LogP contribution in [-0.2, 0) is 24.2 Å². The third-order valence-corrected chi connectivity index (χ3v) is 5.44. The first-order valence-electron chi connectivity index (χ1n) is 10.7. The van der Waals surface area contributed by atoms with Crippen LogP contribution in [0.25, 0.3) is 0 Å². The Morgan fingerprint density at radius 2 is 1.54 bits per heavy atom. The van der Waals surface area contributed by atoms with Crippen LogP contribution in [0.15, 0.2) is 54.6 Å². The molecule has 0 saturated carbocycles. The zero-order valence-electron chi connectivity index (χ0n) is 17.8. The summed E-state index contributed by atoms with van der Waals surface area (Å²) in [7, 11) is 0. The number of nitrogens with one attached hydrogen (secondary N) is 1. The van der Waals surface area contributed by atoms with E-state index in [1.165, 1.54) is 49.0 Å². The fraction of sp³-hybridized carbons (Fsp3) is 0.520. The molecule has 1 aliphatic heterocycles. The van der Waals surface area contributed by atoms with Gasteiger partial charge in [-0.2, -0.15) is 0 Å². The molecule has 3 rings (SSSR count). The smallest absolute Gasteiger partial charge is 0.0975 e. The number of rotatable bonds is 8. The summed E-state index contributed by atoms with van der Waals surface area (Å²) in [6.07, 6.45) is 3.85. The average molecular weight is 381 g/mol. The van der Waals surface area contributed by atoms with Crippen molar-refractivity contribution >= 4 is 0 Å². The number of benzene rings is 2. The van der Waals surface area contributed by atoms with Crippen LogP contribution in [0.2, 0.25) is 0 Å². The maximum absolute atomic E-state index is 5.70. The molecule has 3 heteroatoms. The van der Waals surface area contributed by atoms with Crippen molar-refractivity contribution < 1.29 is 4.74 Å². The van der Waals surface area contributed by atoms with E-state index in [4.69, 9.17) is 4.74 Å². The normalized spacial score (nSPS) is 16.4. The molecule has 0 aliphatic carbocycles. The van der Waals surface area contributed by atoms with E-state index in [1.54, 1.807) is 0 Å². The zero-order chi connectivity index (χ0) is 19.8. The summed E-state index contributed by atoms with van der Waals surface area (Å²) in [5.74, 6) is 0.836. The molecule has 0 atom stereocenters. The Hall–Kier alpha value is -1.68. The summed E-state index contributed by atoms with van der Waals surface area (Å²) in [4.78, 5) is 2.60. The van der Waals surface area contributed by atoms with Crippen molar-refractivity contribution in [3.05, 3.63) is 71.3 Å². The van der Waals surface area contributed by atoms with E-state index in [0.29, 0.717) is 6.73 Å². The molecule has 152 valence electrons. The predicted octanol–water partition coefficient (Wildman–Crippen LogP) is 5.00. The molecular formula is C25H36N2O. The summed E-state index contributed by atoms with van der Waals surface area (Å²) in [6.45, 7) is 11.2. The van der Waals surface area contributed by atoms with Crippen LogP contribution >= 0.6 is 0 Å². The highest BCUT2D eigenvalue weighted by molar-refractivity contribution is 5.22. The molecule has 1 aliphatic rings. The van der Waals surface area contributed by atoms with Crippen LogP contribution in [0, 0.1) is 5.92 Å². The Morgan fingerprint density at radius 3 is 2.18 bits per heavy atom. The lowest BCUT2D eigenvalue weighted by Gasteiger charge is -2.32. The molecule has 0 amide bonds. The third kappa shape index (κ3) is 7.38. The van der Waals surface area contributed by atoms with Gasteiger partial charge >= 0.3 is 0 Å². The highest BCUT2D eigenvalue weighted by atomic mass is 16.5. The number of ether oxygens (including phenoxy) is 1. The number of nitrogens with zero attached hydrogens (tertiary/aromatic N) is 1. The minimum atomic E-state index is -0.0919. The average Bonchev–Trinajstić information content (AvgIpc) is 2.68. The fourth-order valence-corrected chi connectivity index (χ4v) is 3.78. The molecule has 28 heavy (non-hydrogen) atoms. The Bertz CT molecular complexity index is 683. The van der Waals surface area contributed by atoms with Gasteiger partial charge in [-0.15, -0.1) is 0 Å². The molecular weight excluding hydrogens is 344 g/mol. The van der Waals surface area contributed by atoms with E-state index in [1.807, 2.05) is 0 Å². The Balaban J connectivity index is 1.37. The van der Waals surface area contributed by atoms with Crippen LogP contribution < -0.4 is 5.32 Å². The molecule has 1 fully saturated rings. The summed E-state index contributed by atoms with van der Waals surface area (Å²) >= 11 is 0. The fourth-order valence-electron chi connectivity index (χ4n) is 3.78. The molecule has 3 nitrogen and oxygen atoms in total. The second kappa shape index (κ2) is 10.2. The molecule has 2 aromatic rings. The van der Waals surface area contributed by atoms with Crippen molar-refractivity contribution in [3.8, 4) is 0 Å². The monoisotopic (exact) mass is 380 g/mol. The standard InChI is InChI=1S/C25H36N2O/c1-25(2,3)28-20-26-18-23-9-11-24(12-10-23)19-27-15-13-22(14-16-27)17-21-7-5-4-6-8-21/h4-12,22,26H,13-20H2,1-3H3. The van der Waals surface area contributed by atoms with Gasteiger partial charge < -0.3 is 4.74 Å². The number of piperidine rings is 1. The third-order valence-electron chi connectivity index (χ3n) is 5.44. The molecule has 1 heterocycles. The van der Waals surface area contributed by atoms with Crippen molar-refractivity contribution in [3.63, 3.8) is 0 Å². The Labute approximate surface area is 171 Å². The summed E-state index contributed by atoms with van der Waals surface area (Å²) in [6, 6.07) is 20.0. The first kappa shape index (κ1) is 21.0. The van der Waals surface area contributed by atoms with Crippen molar-refractivity contribution in [1.29, 1.82) is 0 Å². The van der Waals surface area contributed by atoms with Crippen LogP contribution in [-0.4, -0.2) is 30.3 Å². The van der Waals surface area contributed by atoms with Crippen LogP contribution in [0.3, 0.4) is 0 Å². The van der Waals surface area contributed by atoms with Gasteiger partial charge in [0.25, 0.3) is 0 Å². The lowest BCUT2D eigenvalue weighted by Crippen LogP contribution is -2.33. The number of hydrogen-bond donors (Lipinski definition) is 1. The SMILES string of the molecule is CC(C)(C)OCNCc1ccc(CN2CCC(Cc3ccccc3)CC2)cc1. The highest BCUT2D eigenvalue weighted by Crippen LogP contribution is 2.23. The van der Waals surface area contributed by atoms with Gasteiger partial charge in [0.2, 0.25) is 0 Å². The zero-order valence-corrected chi connectivity index (χ0v) is 17.8. The minimum Gasteiger partial charge on any atom is -0.361 e. The Kier molecular flexibility index (Phi) is 7.66. The van der Waals surface area contributed by atoms with Crippen molar-refractivity contribution in [2.45, 2.75) is 58.7 Å². The molecule has 0 unspecified atom stereocenters. The van der Waals surface area contributed by atoms with Crippen molar-refractivity contribution in [1.82, 2.24) is 10.2 Å². The maximum atomic E-state index is 5.70. The lowest BCUT2D eigenvalue weighted by atomic mass is 9.90.